The van der Waals surface area contributed by atoms with Crippen LogP contribution in [0.25, 0.3) is 22.5 Å². The van der Waals surface area contributed by atoms with Crippen molar-refractivity contribution in [3.63, 3.8) is 0 Å². The summed E-state index contributed by atoms with van der Waals surface area (Å²) in [6.07, 6.45) is 8.39. The zero-order chi connectivity index (χ0) is 24.2. The largest absolute Gasteiger partial charge is 0.497 e. The van der Waals surface area contributed by atoms with E-state index >= 15 is 0 Å². The van der Waals surface area contributed by atoms with Crippen molar-refractivity contribution in [3.8, 4) is 28.3 Å². The number of nitrogens with zero attached hydrogens (tertiary/aromatic N) is 3. The molecule has 0 bridgehead atoms. The smallest absolute Gasteiger partial charge is 0.118 e. The first-order valence-corrected chi connectivity index (χ1v) is 13.4. The van der Waals surface area contributed by atoms with Gasteiger partial charge in [0, 0.05) is 51.9 Å². The lowest BCUT2D eigenvalue weighted by atomic mass is 10.0. The van der Waals surface area contributed by atoms with E-state index < -0.39 is 10.8 Å². The fraction of sp³-hybridized carbons (Fsp3) is 0.286. The molecule has 7 heteroatoms. The molecule has 0 aliphatic carbocycles. The molecule has 2 atom stereocenters. The van der Waals surface area contributed by atoms with Gasteiger partial charge < -0.3 is 14.0 Å². The summed E-state index contributed by atoms with van der Waals surface area (Å²) in [4.78, 5) is 10.1. The van der Waals surface area contributed by atoms with Crippen molar-refractivity contribution in [2.75, 3.05) is 20.0 Å². The van der Waals surface area contributed by atoms with Crippen LogP contribution in [0.5, 0.6) is 5.75 Å². The van der Waals surface area contributed by atoms with Gasteiger partial charge in [0.15, 0.2) is 0 Å². The third-order valence-electron chi connectivity index (χ3n) is 6.44. The van der Waals surface area contributed by atoms with Gasteiger partial charge in [0.05, 0.1) is 37.8 Å². The van der Waals surface area contributed by atoms with Crippen molar-refractivity contribution >= 4 is 10.8 Å². The molecule has 3 heterocycles. The van der Waals surface area contributed by atoms with Gasteiger partial charge in [-0.25, -0.2) is 4.98 Å². The average molecular weight is 488 g/mol. The summed E-state index contributed by atoms with van der Waals surface area (Å²) in [6, 6.07) is 20.2. The molecule has 0 N–H and O–H groups in total. The van der Waals surface area contributed by atoms with Crippen LogP contribution in [-0.4, -0.2) is 38.7 Å². The summed E-state index contributed by atoms with van der Waals surface area (Å²) in [5.74, 6) is 1.93. The molecule has 0 amide bonds. The number of rotatable bonds is 8. The van der Waals surface area contributed by atoms with Gasteiger partial charge in [-0.3, -0.25) is 9.19 Å². The van der Waals surface area contributed by atoms with Crippen molar-refractivity contribution in [3.05, 3.63) is 84.4 Å². The maximum absolute atomic E-state index is 11.9. The Morgan fingerprint density at radius 1 is 1.00 bits per heavy atom. The lowest BCUT2D eigenvalue weighted by Crippen LogP contribution is -2.23. The van der Waals surface area contributed by atoms with Crippen LogP contribution in [0.15, 0.2) is 78.0 Å². The summed E-state index contributed by atoms with van der Waals surface area (Å²) in [7, 11) is 0.659. The molecule has 1 unspecified atom stereocenters. The van der Waals surface area contributed by atoms with E-state index in [1.807, 2.05) is 73.1 Å². The molecular weight excluding hydrogens is 458 g/mol. The molecule has 0 saturated carbocycles. The van der Waals surface area contributed by atoms with E-state index in [1.165, 1.54) is 0 Å². The summed E-state index contributed by atoms with van der Waals surface area (Å²) >= 11 is 0. The highest BCUT2D eigenvalue weighted by Gasteiger charge is 2.28. The molecule has 1 aliphatic rings. The SMILES string of the molecule is COc1ccc(COC[C@@H]2CCCc3nc(-c4ccc(S(C)=O)cc4)c(-c4ccncc4)n32)cc1. The third kappa shape index (κ3) is 5.06. The fourth-order valence-corrected chi connectivity index (χ4v) is 5.18. The first-order chi connectivity index (χ1) is 17.1. The number of ether oxygens (including phenoxy) is 2. The Labute approximate surface area is 208 Å². The number of hydrogen-bond donors (Lipinski definition) is 0. The summed E-state index contributed by atoms with van der Waals surface area (Å²) in [6.45, 7) is 1.16. The van der Waals surface area contributed by atoms with E-state index in [0.29, 0.717) is 13.2 Å². The Morgan fingerprint density at radius 2 is 1.74 bits per heavy atom. The molecular formula is C28H29N3O3S. The number of benzene rings is 2. The van der Waals surface area contributed by atoms with Crippen molar-refractivity contribution in [2.45, 2.75) is 36.8 Å². The highest BCUT2D eigenvalue weighted by Crippen LogP contribution is 2.39. The third-order valence-corrected chi connectivity index (χ3v) is 7.37. The molecule has 1 aliphatic heterocycles. The van der Waals surface area contributed by atoms with E-state index in [1.54, 1.807) is 13.4 Å². The fourth-order valence-electron chi connectivity index (χ4n) is 4.66. The second-order valence-electron chi connectivity index (χ2n) is 8.72. The Kier molecular flexibility index (Phi) is 7.06. The average Bonchev–Trinajstić information content (AvgIpc) is 3.30. The highest BCUT2D eigenvalue weighted by molar-refractivity contribution is 7.84. The minimum absolute atomic E-state index is 0.198. The van der Waals surface area contributed by atoms with Gasteiger partial charge in [-0.1, -0.05) is 24.3 Å². The second kappa shape index (κ2) is 10.5. The number of hydrogen-bond acceptors (Lipinski definition) is 5. The molecule has 2 aromatic heterocycles. The molecule has 2 aromatic carbocycles. The molecule has 0 saturated heterocycles. The van der Waals surface area contributed by atoms with Crippen LogP contribution >= 0.6 is 0 Å². The van der Waals surface area contributed by atoms with Crippen molar-refractivity contribution in [2.24, 2.45) is 0 Å². The normalized spacial score (nSPS) is 16.0. The van der Waals surface area contributed by atoms with Gasteiger partial charge in [-0.2, -0.15) is 0 Å². The minimum atomic E-state index is -1.01. The minimum Gasteiger partial charge on any atom is -0.497 e. The lowest BCUT2D eigenvalue weighted by Gasteiger charge is -2.27. The van der Waals surface area contributed by atoms with Gasteiger partial charge >= 0.3 is 0 Å². The predicted octanol–water partition coefficient (Wildman–Crippen LogP) is 5.45. The number of imidazole rings is 1. The Balaban J connectivity index is 1.46. The van der Waals surface area contributed by atoms with E-state index in [-0.39, 0.29) is 6.04 Å². The quantitative estimate of drug-likeness (QED) is 0.331. The molecule has 180 valence electrons. The standard InChI is InChI=1S/C28H29N3O3S/c1-33-24-10-6-20(7-11-24)18-34-19-23-4-3-5-26-30-27(21-8-12-25(13-9-21)35(2)32)28(31(23)26)22-14-16-29-17-15-22/h6-17,23H,3-5,18-19H2,1-2H3/t23-,35?/m0/s1. The number of aromatic nitrogens is 3. The van der Waals surface area contributed by atoms with E-state index in [2.05, 4.69) is 9.55 Å². The van der Waals surface area contributed by atoms with Gasteiger partial charge in [0.1, 0.15) is 11.6 Å². The Morgan fingerprint density at radius 3 is 2.43 bits per heavy atom. The van der Waals surface area contributed by atoms with Gasteiger partial charge in [-0.05, 0) is 54.8 Å². The number of fused-ring (bicyclic) bond motifs is 1. The van der Waals surface area contributed by atoms with Crippen LogP contribution in [0.1, 0.15) is 30.3 Å². The first-order valence-electron chi connectivity index (χ1n) is 11.8. The summed E-state index contributed by atoms with van der Waals surface area (Å²) in [5, 5.41) is 0. The lowest BCUT2D eigenvalue weighted by molar-refractivity contribution is 0.0827. The van der Waals surface area contributed by atoms with Crippen molar-refractivity contribution in [1.29, 1.82) is 0 Å². The topological polar surface area (TPSA) is 66.2 Å². The molecule has 4 aromatic rings. The van der Waals surface area contributed by atoms with Gasteiger partial charge in [-0.15, -0.1) is 0 Å². The van der Waals surface area contributed by atoms with Crippen LogP contribution in [0.2, 0.25) is 0 Å². The molecule has 6 nitrogen and oxygen atoms in total. The van der Waals surface area contributed by atoms with Gasteiger partial charge in [0.25, 0.3) is 0 Å². The number of pyridine rings is 1. The van der Waals surface area contributed by atoms with Crippen LogP contribution in [0.4, 0.5) is 0 Å². The van der Waals surface area contributed by atoms with E-state index in [0.717, 1.165) is 63.8 Å². The highest BCUT2D eigenvalue weighted by atomic mass is 32.2. The van der Waals surface area contributed by atoms with Crippen molar-refractivity contribution in [1.82, 2.24) is 14.5 Å². The molecule has 0 radical (unpaired) electrons. The van der Waals surface area contributed by atoms with Crippen LogP contribution in [0.3, 0.4) is 0 Å². The van der Waals surface area contributed by atoms with Crippen LogP contribution < -0.4 is 4.74 Å². The zero-order valence-electron chi connectivity index (χ0n) is 20.0. The predicted molar refractivity (Wildman–Crippen MR) is 138 cm³/mol. The molecule has 0 spiro atoms. The maximum Gasteiger partial charge on any atom is 0.118 e. The Hall–Kier alpha value is -3.29. The maximum atomic E-state index is 11.9. The van der Waals surface area contributed by atoms with Crippen molar-refractivity contribution < 1.29 is 13.7 Å². The number of methoxy groups -OCH3 is 1. The number of aryl methyl sites for hydroxylation is 1. The van der Waals surface area contributed by atoms with Crippen LogP contribution in [-0.2, 0) is 28.6 Å². The molecule has 5 rings (SSSR count). The van der Waals surface area contributed by atoms with Gasteiger partial charge in [0.2, 0.25) is 0 Å². The van der Waals surface area contributed by atoms with E-state index in [4.69, 9.17) is 14.5 Å². The zero-order valence-corrected chi connectivity index (χ0v) is 20.8. The molecule has 35 heavy (non-hydrogen) atoms. The molecule has 0 fully saturated rings. The summed E-state index contributed by atoms with van der Waals surface area (Å²) in [5.41, 5.74) is 5.26. The summed E-state index contributed by atoms with van der Waals surface area (Å²) < 4.78 is 25.7. The first kappa shape index (κ1) is 23.5. The van der Waals surface area contributed by atoms with E-state index in [9.17, 15) is 4.21 Å². The second-order valence-corrected chi connectivity index (χ2v) is 10.1. The monoisotopic (exact) mass is 487 g/mol. The van der Waals surface area contributed by atoms with Crippen LogP contribution in [0, 0.1) is 0 Å². The Bertz CT molecular complexity index is 1300.